The molecule has 0 spiro atoms. The Morgan fingerprint density at radius 1 is 1.40 bits per heavy atom. The lowest BCUT2D eigenvalue weighted by atomic mass is 10.2. The number of likely N-dealkylation sites (tertiary alicyclic amines) is 1. The van der Waals surface area contributed by atoms with Crippen LogP contribution in [0.3, 0.4) is 0 Å². The number of aryl methyl sites for hydroxylation is 3. The zero-order valence-electron chi connectivity index (χ0n) is 12.9. The van der Waals surface area contributed by atoms with Gasteiger partial charge in [0.1, 0.15) is 0 Å². The van der Waals surface area contributed by atoms with Crippen LogP contribution in [-0.4, -0.2) is 46.3 Å². The third-order valence-corrected chi connectivity index (χ3v) is 3.89. The van der Waals surface area contributed by atoms with Crippen LogP contribution in [0.15, 0.2) is 6.07 Å². The molecule has 0 aromatic carbocycles. The van der Waals surface area contributed by atoms with Gasteiger partial charge in [0.2, 0.25) is 5.91 Å². The van der Waals surface area contributed by atoms with Gasteiger partial charge in [-0.2, -0.15) is 5.10 Å². The van der Waals surface area contributed by atoms with E-state index in [2.05, 4.69) is 23.4 Å². The van der Waals surface area contributed by atoms with Crippen LogP contribution >= 0.6 is 0 Å². The van der Waals surface area contributed by atoms with Crippen molar-refractivity contribution < 1.29 is 4.79 Å². The molecular weight excluding hydrogens is 252 g/mol. The Balaban J connectivity index is 1.67. The summed E-state index contributed by atoms with van der Waals surface area (Å²) in [7, 11) is 0. The second kappa shape index (κ2) is 6.88. The maximum atomic E-state index is 12.1. The molecule has 5 nitrogen and oxygen atoms in total. The zero-order valence-corrected chi connectivity index (χ0v) is 12.9. The van der Waals surface area contributed by atoms with Crippen LogP contribution < -0.4 is 5.32 Å². The number of carbonyl (C=O) groups excluding carboxylic acids is 1. The van der Waals surface area contributed by atoms with Crippen LogP contribution in [0, 0.1) is 13.8 Å². The van der Waals surface area contributed by atoms with E-state index in [-0.39, 0.29) is 11.9 Å². The number of aromatic nitrogens is 2. The normalized spacial score (nSPS) is 16.6. The van der Waals surface area contributed by atoms with E-state index in [0.29, 0.717) is 0 Å². The SMILES string of the molecule is Cc1cc(C)n(CCCNC(C)C(=O)N2CCCC2)n1. The second-order valence-corrected chi connectivity index (χ2v) is 5.71. The van der Waals surface area contributed by atoms with Crippen molar-refractivity contribution in [2.75, 3.05) is 19.6 Å². The molecule has 2 rings (SSSR count). The van der Waals surface area contributed by atoms with Gasteiger partial charge in [-0.1, -0.05) is 0 Å². The summed E-state index contributed by atoms with van der Waals surface area (Å²) in [4.78, 5) is 14.1. The predicted molar refractivity (Wildman–Crippen MR) is 79.6 cm³/mol. The van der Waals surface area contributed by atoms with E-state index in [4.69, 9.17) is 0 Å². The number of nitrogens with zero attached hydrogens (tertiary/aromatic N) is 3. The van der Waals surface area contributed by atoms with Crippen molar-refractivity contribution in [2.45, 2.75) is 52.6 Å². The predicted octanol–water partition coefficient (Wildman–Crippen LogP) is 1.49. The minimum atomic E-state index is -0.0754. The highest BCUT2D eigenvalue weighted by Gasteiger charge is 2.22. The number of nitrogens with one attached hydrogen (secondary N) is 1. The fourth-order valence-corrected chi connectivity index (χ4v) is 2.75. The van der Waals surface area contributed by atoms with Gasteiger partial charge >= 0.3 is 0 Å². The van der Waals surface area contributed by atoms with Crippen molar-refractivity contribution >= 4 is 5.91 Å². The largest absolute Gasteiger partial charge is 0.341 e. The van der Waals surface area contributed by atoms with Crippen molar-refractivity contribution in [3.8, 4) is 0 Å². The van der Waals surface area contributed by atoms with Gasteiger partial charge in [-0.15, -0.1) is 0 Å². The maximum Gasteiger partial charge on any atom is 0.239 e. The summed E-state index contributed by atoms with van der Waals surface area (Å²) in [6.45, 7) is 9.65. The Labute approximate surface area is 121 Å². The molecule has 0 aliphatic carbocycles. The number of hydrogen-bond donors (Lipinski definition) is 1. The Kier molecular flexibility index (Phi) is 5.17. The van der Waals surface area contributed by atoms with Crippen molar-refractivity contribution in [2.24, 2.45) is 0 Å². The Morgan fingerprint density at radius 2 is 2.10 bits per heavy atom. The molecule has 112 valence electrons. The number of hydrogen-bond acceptors (Lipinski definition) is 3. The molecule has 20 heavy (non-hydrogen) atoms. The first-order valence-corrected chi connectivity index (χ1v) is 7.61. The Morgan fingerprint density at radius 3 is 2.70 bits per heavy atom. The molecule has 2 heterocycles. The minimum absolute atomic E-state index is 0.0754. The van der Waals surface area contributed by atoms with Gasteiger partial charge in [0.15, 0.2) is 0 Å². The molecule has 1 fully saturated rings. The smallest absolute Gasteiger partial charge is 0.239 e. The van der Waals surface area contributed by atoms with Crippen LogP contribution in [0.1, 0.15) is 37.6 Å². The summed E-state index contributed by atoms with van der Waals surface area (Å²) < 4.78 is 2.03. The first kappa shape index (κ1) is 15.0. The molecule has 1 atom stereocenters. The molecule has 0 radical (unpaired) electrons. The van der Waals surface area contributed by atoms with Gasteiger partial charge < -0.3 is 10.2 Å². The molecule has 0 saturated carbocycles. The first-order chi connectivity index (χ1) is 9.58. The quantitative estimate of drug-likeness (QED) is 0.802. The third-order valence-electron chi connectivity index (χ3n) is 3.89. The lowest BCUT2D eigenvalue weighted by molar-refractivity contribution is -0.131. The van der Waals surface area contributed by atoms with Gasteiger partial charge in [-0.05, 0) is 52.6 Å². The molecule has 1 aromatic heterocycles. The molecule has 1 unspecified atom stereocenters. The molecule has 5 heteroatoms. The van der Waals surface area contributed by atoms with Crippen molar-refractivity contribution in [3.05, 3.63) is 17.5 Å². The summed E-state index contributed by atoms with van der Waals surface area (Å²) in [5.41, 5.74) is 2.26. The van der Waals surface area contributed by atoms with E-state index in [1.165, 1.54) is 5.69 Å². The van der Waals surface area contributed by atoms with Crippen LogP contribution in [0.4, 0.5) is 0 Å². The van der Waals surface area contributed by atoms with Crippen molar-refractivity contribution in [3.63, 3.8) is 0 Å². The summed E-state index contributed by atoms with van der Waals surface area (Å²) in [5, 5.41) is 7.76. The summed E-state index contributed by atoms with van der Waals surface area (Å²) in [5.74, 6) is 0.244. The lowest BCUT2D eigenvalue weighted by Crippen LogP contribution is -2.44. The minimum Gasteiger partial charge on any atom is -0.341 e. The molecule has 1 amide bonds. The zero-order chi connectivity index (χ0) is 14.5. The fourth-order valence-electron chi connectivity index (χ4n) is 2.75. The highest BCUT2D eigenvalue weighted by molar-refractivity contribution is 5.81. The molecule has 1 saturated heterocycles. The topological polar surface area (TPSA) is 50.2 Å². The monoisotopic (exact) mass is 278 g/mol. The lowest BCUT2D eigenvalue weighted by Gasteiger charge is -2.21. The standard InChI is InChI=1S/C15H26N4O/c1-12-11-13(2)19(17-12)10-6-7-16-14(3)15(20)18-8-4-5-9-18/h11,14,16H,4-10H2,1-3H3. The molecule has 1 aliphatic rings. The Bertz CT molecular complexity index is 449. The van der Waals surface area contributed by atoms with E-state index >= 15 is 0 Å². The fraction of sp³-hybridized carbons (Fsp3) is 0.733. The summed E-state index contributed by atoms with van der Waals surface area (Å²) in [6.07, 6.45) is 3.28. The summed E-state index contributed by atoms with van der Waals surface area (Å²) in [6, 6.07) is 2.01. The molecule has 1 aromatic rings. The van der Waals surface area contributed by atoms with E-state index in [0.717, 1.165) is 51.1 Å². The van der Waals surface area contributed by atoms with E-state index in [1.807, 2.05) is 23.4 Å². The van der Waals surface area contributed by atoms with E-state index in [9.17, 15) is 4.79 Å². The Hall–Kier alpha value is -1.36. The molecular formula is C15H26N4O. The van der Waals surface area contributed by atoms with Crippen molar-refractivity contribution in [1.82, 2.24) is 20.0 Å². The first-order valence-electron chi connectivity index (χ1n) is 7.61. The van der Waals surface area contributed by atoms with E-state index < -0.39 is 0 Å². The number of rotatable bonds is 6. The average molecular weight is 278 g/mol. The van der Waals surface area contributed by atoms with Gasteiger partial charge in [0.05, 0.1) is 11.7 Å². The molecule has 1 aliphatic heterocycles. The number of carbonyl (C=O) groups is 1. The van der Waals surface area contributed by atoms with Crippen LogP contribution in [-0.2, 0) is 11.3 Å². The van der Waals surface area contributed by atoms with Crippen LogP contribution in [0.25, 0.3) is 0 Å². The molecule has 1 N–H and O–H groups in total. The van der Waals surface area contributed by atoms with Gasteiger partial charge in [0, 0.05) is 25.3 Å². The maximum absolute atomic E-state index is 12.1. The van der Waals surface area contributed by atoms with Crippen molar-refractivity contribution in [1.29, 1.82) is 0 Å². The van der Waals surface area contributed by atoms with Gasteiger partial charge in [-0.25, -0.2) is 0 Å². The van der Waals surface area contributed by atoms with E-state index in [1.54, 1.807) is 0 Å². The number of amides is 1. The van der Waals surface area contributed by atoms with Gasteiger partial charge in [0.25, 0.3) is 0 Å². The highest BCUT2D eigenvalue weighted by atomic mass is 16.2. The molecule has 0 bridgehead atoms. The van der Waals surface area contributed by atoms with Gasteiger partial charge in [-0.3, -0.25) is 9.48 Å². The second-order valence-electron chi connectivity index (χ2n) is 5.71. The summed E-state index contributed by atoms with van der Waals surface area (Å²) >= 11 is 0. The average Bonchev–Trinajstić information content (AvgIpc) is 3.03. The third kappa shape index (κ3) is 3.82. The van der Waals surface area contributed by atoms with Crippen LogP contribution in [0.2, 0.25) is 0 Å². The highest BCUT2D eigenvalue weighted by Crippen LogP contribution is 2.09. The van der Waals surface area contributed by atoms with Crippen LogP contribution in [0.5, 0.6) is 0 Å².